The van der Waals surface area contributed by atoms with Crippen LogP contribution in [0.3, 0.4) is 0 Å². The van der Waals surface area contributed by atoms with E-state index in [4.69, 9.17) is 14.2 Å². The van der Waals surface area contributed by atoms with Gasteiger partial charge < -0.3 is 19.1 Å². The Morgan fingerprint density at radius 2 is 1.70 bits per heavy atom. The van der Waals surface area contributed by atoms with Crippen LogP contribution in [-0.2, 0) is 35.2 Å². The molecule has 0 radical (unpaired) electrons. The van der Waals surface area contributed by atoms with Crippen molar-refractivity contribution in [2.75, 3.05) is 26.2 Å². The largest absolute Gasteiger partial charge is 0.464 e. The van der Waals surface area contributed by atoms with Gasteiger partial charge in [-0.1, -0.05) is 30.3 Å². The van der Waals surface area contributed by atoms with Gasteiger partial charge in [0.25, 0.3) is 0 Å². The summed E-state index contributed by atoms with van der Waals surface area (Å²) in [6.45, 7) is 7.63. The number of hydrogen-bond acceptors (Lipinski definition) is 7. The van der Waals surface area contributed by atoms with Crippen LogP contribution < -0.4 is 0 Å². The molecule has 9 nitrogen and oxygen atoms in total. The maximum atomic E-state index is 12.7. The lowest BCUT2D eigenvalue weighted by atomic mass is 10.1. The molecule has 0 saturated carbocycles. The van der Waals surface area contributed by atoms with E-state index in [-0.39, 0.29) is 51.0 Å². The molecule has 0 N–H and O–H groups in total. The fourth-order valence-electron chi connectivity index (χ4n) is 3.35. The summed E-state index contributed by atoms with van der Waals surface area (Å²) in [6.07, 6.45) is 0.196. The lowest BCUT2D eigenvalue weighted by Crippen LogP contribution is -2.58. The molecule has 182 valence electrons. The molecule has 0 aromatic heterocycles. The number of rotatable bonds is 8. The zero-order chi connectivity index (χ0) is 24.4. The predicted octanol–water partition coefficient (Wildman–Crippen LogP) is 2.91. The number of ether oxygens (including phenoxy) is 3. The molecule has 0 aliphatic carbocycles. The normalized spacial score (nSPS) is 16.2. The molecule has 33 heavy (non-hydrogen) atoms. The van der Waals surface area contributed by atoms with Crippen molar-refractivity contribution in [3.8, 4) is 0 Å². The highest BCUT2D eigenvalue weighted by Crippen LogP contribution is 2.17. The zero-order valence-electron chi connectivity index (χ0n) is 19.9. The van der Waals surface area contributed by atoms with E-state index in [1.165, 1.54) is 11.8 Å². The number of carbonyl (C=O) groups is 4. The third kappa shape index (κ3) is 9.51. The quantitative estimate of drug-likeness (QED) is 0.432. The second-order valence-corrected chi connectivity index (χ2v) is 8.97. The summed E-state index contributed by atoms with van der Waals surface area (Å²) in [5.41, 5.74) is 0.245. The van der Waals surface area contributed by atoms with Crippen LogP contribution in [0.15, 0.2) is 30.3 Å². The molecule has 1 saturated heterocycles. The van der Waals surface area contributed by atoms with Crippen LogP contribution in [0.2, 0.25) is 0 Å². The van der Waals surface area contributed by atoms with Crippen LogP contribution in [0.4, 0.5) is 4.79 Å². The average molecular weight is 463 g/mol. The number of esters is 2. The Morgan fingerprint density at radius 3 is 2.33 bits per heavy atom. The molecule has 2 amide bonds. The van der Waals surface area contributed by atoms with Gasteiger partial charge in [0, 0.05) is 39.4 Å². The highest BCUT2D eigenvalue weighted by Gasteiger charge is 2.35. The fraction of sp³-hybridized carbons (Fsp3) is 0.583. The van der Waals surface area contributed by atoms with Crippen molar-refractivity contribution in [2.45, 2.75) is 65.2 Å². The van der Waals surface area contributed by atoms with Crippen LogP contribution in [0.1, 0.15) is 52.5 Å². The number of carbonyl (C=O) groups excluding carboxylic acids is 4. The molecule has 9 heteroatoms. The van der Waals surface area contributed by atoms with Crippen LogP contribution in [0, 0.1) is 0 Å². The third-order valence-electron chi connectivity index (χ3n) is 4.96. The smallest absolute Gasteiger partial charge is 0.410 e. The summed E-state index contributed by atoms with van der Waals surface area (Å²) in [5.74, 6) is -0.937. The maximum Gasteiger partial charge on any atom is 0.410 e. The van der Waals surface area contributed by atoms with Crippen LogP contribution in [0.25, 0.3) is 0 Å². The molecule has 0 bridgehead atoms. The van der Waals surface area contributed by atoms with E-state index < -0.39 is 23.7 Å². The molecule has 1 aliphatic rings. The summed E-state index contributed by atoms with van der Waals surface area (Å²) >= 11 is 0. The summed E-state index contributed by atoms with van der Waals surface area (Å²) < 4.78 is 15.8. The number of piperazine rings is 1. The van der Waals surface area contributed by atoms with Crippen LogP contribution >= 0.6 is 0 Å². The van der Waals surface area contributed by atoms with Gasteiger partial charge in [-0.05, 0) is 32.8 Å². The van der Waals surface area contributed by atoms with Crippen LogP contribution in [-0.4, -0.2) is 71.6 Å². The number of benzene rings is 1. The third-order valence-corrected chi connectivity index (χ3v) is 4.96. The molecule has 2 rings (SSSR count). The molecule has 1 heterocycles. The molecule has 1 aromatic rings. The van der Waals surface area contributed by atoms with Crippen molar-refractivity contribution in [1.29, 1.82) is 0 Å². The fourth-order valence-corrected chi connectivity index (χ4v) is 3.35. The number of amides is 2. The number of hydrogen-bond donors (Lipinski definition) is 0. The van der Waals surface area contributed by atoms with Gasteiger partial charge >= 0.3 is 18.0 Å². The highest BCUT2D eigenvalue weighted by atomic mass is 16.6. The molecule has 1 fully saturated rings. The monoisotopic (exact) mass is 462 g/mol. The van der Waals surface area contributed by atoms with E-state index in [1.54, 1.807) is 25.7 Å². The van der Waals surface area contributed by atoms with E-state index in [1.807, 2.05) is 30.3 Å². The van der Waals surface area contributed by atoms with Crippen molar-refractivity contribution in [1.82, 2.24) is 9.80 Å². The van der Waals surface area contributed by atoms with Crippen molar-refractivity contribution in [3.05, 3.63) is 35.9 Å². The van der Waals surface area contributed by atoms with Crippen molar-refractivity contribution < 1.29 is 33.4 Å². The standard InChI is InChI=1S/C24H34N2O7/c1-18(27)31-17-20-15-25(13-14-26(20)23(30)33-24(2,3)4)21(28)11-8-12-22(29)32-16-19-9-6-5-7-10-19/h5-7,9-10,20H,8,11-17H2,1-4H3. The molecular weight excluding hydrogens is 428 g/mol. The Kier molecular flexibility index (Phi) is 9.69. The first kappa shape index (κ1) is 26.2. The van der Waals surface area contributed by atoms with Crippen molar-refractivity contribution >= 4 is 23.9 Å². The van der Waals surface area contributed by atoms with E-state index in [2.05, 4.69) is 0 Å². The minimum Gasteiger partial charge on any atom is -0.464 e. The minimum atomic E-state index is -0.662. The minimum absolute atomic E-state index is 0.0236. The number of nitrogens with zero attached hydrogens (tertiary/aromatic N) is 2. The highest BCUT2D eigenvalue weighted by molar-refractivity contribution is 5.78. The van der Waals surface area contributed by atoms with Gasteiger partial charge in [-0.3, -0.25) is 19.3 Å². The van der Waals surface area contributed by atoms with Gasteiger partial charge in [0.1, 0.15) is 18.8 Å². The van der Waals surface area contributed by atoms with Gasteiger partial charge in [-0.25, -0.2) is 4.79 Å². The Bertz CT molecular complexity index is 820. The predicted molar refractivity (Wildman–Crippen MR) is 120 cm³/mol. The summed E-state index contributed by atoms with van der Waals surface area (Å²) in [7, 11) is 0. The Labute approximate surface area is 195 Å². The SMILES string of the molecule is CC(=O)OCC1CN(C(=O)CCCC(=O)OCc2ccccc2)CCN1C(=O)OC(C)(C)C. The van der Waals surface area contributed by atoms with Crippen molar-refractivity contribution in [2.24, 2.45) is 0 Å². The van der Waals surface area contributed by atoms with E-state index >= 15 is 0 Å². The zero-order valence-corrected chi connectivity index (χ0v) is 19.9. The van der Waals surface area contributed by atoms with Gasteiger partial charge in [-0.2, -0.15) is 0 Å². The first-order valence-electron chi connectivity index (χ1n) is 11.2. The molecule has 0 spiro atoms. The molecule has 1 aromatic carbocycles. The molecule has 1 atom stereocenters. The molecule has 1 aliphatic heterocycles. The molecule has 1 unspecified atom stereocenters. The van der Waals surface area contributed by atoms with E-state index in [0.29, 0.717) is 13.0 Å². The second-order valence-electron chi connectivity index (χ2n) is 8.97. The van der Waals surface area contributed by atoms with Gasteiger partial charge in [0.2, 0.25) is 5.91 Å². The maximum absolute atomic E-state index is 12.7. The molecular formula is C24H34N2O7. The van der Waals surface area contributed by atoms with E-state index in [9.17, 15) is 19.2 Å². The lowest BCUT2D eigenvalue weighted by Gasteiger charge is -2.41. The summed E-state index contributed by atoms with van der Waals surface area (Å²) in [6, 6.07) is 8.89. The Morgan fingerprint density at radius 1 is 1.00 bits per heavy atom. The lowest BCUT2D eigenvalue weighted by molar-refractivity contribution is -0.145. The van der Waals surface area contributed by atoms with Gasteiger partial charge in [0.05, 0.1) is 6.04 Å². The average Bonchev–Trinajstić information content (AvgIpc) is 2.75. The van der Waals surface area contributed by atoms with E-state index in [0.717, 1.165) is 5.56 Å². The van der Waals surface area contributed by atoms with Gasteiger partial charge in [0.15, 0.2) is 0 Å². The Hall–Kier alpha value is -3.10. The summed E-state index contributed by atoms with van der Waals surface area (Å²) in [4.78, 5) is 51.6. The Balaban J connectivity index is 1.82. The topological polar surface area (TPSA) is 102 Å². The van der Waals surface area contributed by atoms with Gasteiger partial charge in [-0.15, -0.1) is 0 Å². The van der Waals surface area contributed by atoms with Crippen LogP contribution in [0.5, 0.6) is 0 Å². The first-order valence-corrected chi connectivity index (χ1v) is 11.2. The van der Waals surface area contributed by atoms with Crippen molar-refractivity contribution in [3.63, 3.8) is 0 Å². The first-order chi connectivity index (χ1) is 15.5. The summed E-state index contributed by atoms with van der Waals surface area (Å²) in [5, 5.41) is 0. The second kappa shape index (κ2) is 12.2.